The van der Waals surface area contributed by atoms with Gasteiger partial charge in [0.2, 0.25) is 0 Å². The van der Waals surface area contributed by atoms with Gasteiger partial charge in [0.15, 0.2) is 0 Å². The second-order valence-electron chi connectivity index (χ2n) is 37.4. The first-order valence-corrected chi connectivity index (χ1v) is 46.7. The summed E-state index contributed by atoms with van der Waals surface area (Å²) >= 11 is 0. The smallest absolute Gasteiger partial charge is 0.0818 e. The molecule has 3 aliphatic carbocycles. The van der Waals surface area contributed by atoms with Crippen LogP contribution < -0.4 is 0 Å². The number of fused-ring (bicyclic) bond motifs is 6. The number of rotatable bonds is 8. The van der Waals surface area contributed by atoms with E-state index in [0.717, 1.165) is 111 Å². The van der Waals surface area contributed by atoms with Gasteiger partial charge in [0, 0.05) is 75.1 Å². The third-order valence-electron chi connectivity index (χ3n) is 27.2. The van der Waals surface area contributed by atoms with Gasteiger partial charge in [0.1, 0.15) is 0 Å². The quantitative estimate of drug-likeness (QED) is 0.0903. The molecule has 5 heteroatoms. The van der Waals surface area contributed by atoms with Gasteiger partial charge in [-0.05, 0) is 370 Å². The van der Waals surface area contributed by atoms with Crippen molar-refractivity contribution >= 4 is 5.57 Å². The Morgan fingerprint density at radius 1 is 0.230 bits per heavy atom. The average Bonchev–Trinajstić information content (AvgIpc) is 0.686. The molecule has 0 heterocycles. The molecule has 0 saturated carbocycles. The maximum absolute atomic E-state index is 10.3. The number of aliphatic hydroxyl groups is 4. The van der Waals surface area contributed by atoms with Crippen LogP contribution in [-0.2, 0) is 17.1 Å². The van der Waals surface area contributed by atoms with Crippen LogP contribution >= 0.6 is 0 Å². The predicted molar refractivity (Wildman–Crippen MR) is 560 cm³/mol. The van der Waals surface area contributed by atoms with E-state index in [-0.39, 0.29) is 17.1 Å². The molecule has 0 bridgehead atoms. The predicted octanol–water partition coefficient (Wildman–Crippen LogP) is 28.9. The second-order valence-corrected chi connectivity index (χ2v) is 37.4. The molecule has 1 radical (unpaired) electrons. The van der Waals surface area contributed by atoms with E-state index in [4.69, 9.17) is 0 Å². The molecule has 0 saturated heterocycles. The van der Waals surface area contributed by atoms with Crippen molar-refractivity contribution in [2.24, 2.45) is 0 Å². The van der Waals surface area contributed by atoms with Crippen molar-refractivity contribution in [1.82, 2.24) is 0 Å². The third-order valence-corrected chi connectivity index (χ3v) is 27.2. The molecule has 17 rings (SSSR count). The molecule has 0 spiro atoms. The zero-order valence-corrected chi connectivity index (χ0v) is 83.2. The molecular weight excluding hydrogens is 1690 g/mol. The van der Waals surface area contributed by atoms with Gasteiger partial charge in [-0.15, -0.1) is 0 Å². The summed E-state index contributed by atoms with van der Waals surface area (Å²) in [6.45, 7) is 47.1. The second kappa shape index (κ2) is 43.5. The van der Waals surface area contributed by atoms with Crippen molar-refractivity contribution in [2.45, 2.75) is 201 Å². The summed E-state index contributed by atoms with van der Waals surface area (Å²) in [4.78, 5) is 0. The van der Waals surface area contributed by atoms with Gasteiger partial charge >= 0.3 is 0 Å². The van der Waals surface area contributed by atoms with Crippen LogP contribution in [0.2, 0.25) is 0 Å². The first-order valence-electron chi connectivity index (χ1n) is 46.7. The van der Waals surface area contributed by atoms with Crippen LogP contribution in [0.15, 0.2) is 266 Å². The maximum atomic E-state index is 10.3. The van der Waals surface area contributed by atoms with Crippen LogP contribution in [0.3, 0.4) is 0 Å². The van der Waals surface area contributed by atoms with Crippen molar-refractivity contribution in [3.8, 4) is 93.3 Å². The van der Waals surface area contributed by atoms with E-state index in [1.807, 2.05) is 173 Å². The van der Waals surface area contributed by atoms with E-state index in [0.29, 0.717) is 58.1 Å². The first-order chi connectivity index (χ1) is 64.1. The molecule has 3 aliphatic rings. The van der Waals surface area contributed by atoms with Crippen LogP contribution in [0.4, 0.5) is 0 Å². The summed E-state index contributed by atoms with van der Waals surface area (Å²) < 4.78 is 0. The number of hydrogen-bond acceptors (Lipinski definition) is 4. The fourth-order valence-electron chi connectivity index (χ4n) is 17.5. The Hall–Kier alpha value is -13.7. The third kappa shape index (κ3) is 23.4. The monoisotopic (exact) mass is 1810 g/mol. The van der Waals surface area contributed by atoms with Gasteiger partial charge in [0.25, 0.3) is 0 Å². The van der Waals surface area contributed by atoms with E-state index in [2.05, 4.69) is 305 Å². The molecule has 0 amide bonds. The van der Waals surface area contributed by atoms with Crippen molar-refractivity contribution in [1.29, 1.82) is 0 Å². The maximum Gasteiger partial charge on any atom is 0.0818 e. The Morgan fingerprint density at radius 2 is 0.467 bits per heavy atom. The van der Waals surface area contributed by atoms with Crippen LogP contribution in [-0.4, -0.2) is 20.4 Å². The van der Waals surface area contributed by atoms with Crippen LogP contribution in [0.1, 0.15) is 280 Å². The molecule has 677 valence electrons. The standard InChI is InChI=1S/C60H42.C32H32.2C19H24O2.Cu/c1-43-7-19-49(20-8-43)31-37-55-56(38-32-50-21-9-44(2)10-22-50)58(40-34-52-25-13-46(4)14-26-52)60(42-36-54-29-17-48(6)18-30-54)59(41-35-53-27-15-47(5)16-28-53)57(55)39-33-51-23-11-45(3)12-24-51;1-15-9-23-25(11-17(15)3)29-21(7)20(6)14-28-24-10-16(2)18(4)12-26(24)30-22(8)19(5)13-27(23)31(30)32(28)29;2*1-12-5-7-16(9-14(12)3)18(20)11-19(21)17-8-6-13(2)15(4)10-17;/h7-30H,1-6H3;9-14,29,32H,1-8H3;2*5-10,18-21H,11H2,1-4H3;. The zero-order chi connectivity index (χ0) is 95.6. The first kappa shape index (κ1) is 98.8. The van der Waals surface area contributed by atoms with Gasteiger partial charge in [-0.3, -0.25) is 0 Å². The minimum Gasteiger partial charge on any atom is -0.388 e. The summed E-state index contributed by atoms with van der Waals surface area (Å²) in [6.07, 6.45) is 0.511. The molecule has 6 unspecified atom stereocenters. The number of allylic oxidation sites excluding steroid dienone is 4. The van der Waals surface area contributed by atoms with Gasteiger partial charge in [0.05, 0.1) is 57.8 Å². The Bertz CT molecular complexity index is 6550. The Labute approximate surface area is 814 Å². The molecule has 0 aromatic heterocycles. The zero-order valence-electron chi connectivity index (χ0n) is 82.2. The molecule has 0 fully saturated rings. The fourth-order valence-corrected chi connectivity index (χ4v) is 17.5. The summed E-state index contributed by atoms with van der Waals surface area (Å²) in [6, 6.07) is 85.4. The van der Waals surface area contributed by atoms with Crippen LogP contribution in [0.25, 0.3) is 27.8 Å². The fraction of sp³-hybridized carbons (Fsp3) is 0.231. The van der Waals surface area contributed by atoms with Gasteiger partial charge in [-0.2, -0.15) is 0 Å². The summed E-state index contributed by atoms with van der Waals surface area (Å²) in [5.74, 6) is 43.0. The van der Waals surface area contributed by atoms with Gasteiger partial charge < -0.3 is 20.4 Å². The Balaban J connectivity index is 0.000000171. The van der Waals surface area contributed by atoms with E-state index in [1.54, 1.807) is 5.56 Å². The average molecular weight is 1810 g/mol. The summed E-state index contributed by atoms with van der Waals surface area (Å²) in [5, 5.41) is 41.3. The largest absolute Gasteiger partial charge is 0.388 e. The van der Waals surface area contributed by atoms with Crippen LogP contribution in [0, 0.1) is 210 Å². The number of benzene rings is 14. The molecule has 4 nitrogen and oxygen atoms in total. The van der Waals surface area contributed by atoms with Crippen molar-refractivity contribution in [3.05, 3.63) is 483 Å². The summed E-state index contributed by atoms with van der Waals surface area (Å²) in [7, 11) is 0. The SMILES string of the molecule is CC1=C(C)C2c3cc(C)c(C)cc3-c3cc(C)c(C)c4c3C2C(=C1)c1cc(C)c(C)cc1-4.Cc1ccc(C#Cc2c(C#Cc3ccc(C)cc3)c(C#Cc3ccc(C)cc3)c(C#Cc3ccc(C)cc3)c(C#Cc3ccc(C)cc3)c2C#Cc2ccc(C)cc2)cc1.Cc1ccc(C(O)CC(O)c2ccc(C)c(C)c2)cc1C.Cc1ccc(C(O)CC(O)c2ccc(C)c(C)c2)cc1C.[Cu]. The minimum atomic E-state index is -0.652. The Kier molecular flexibility index (Phi) is 31.8. The van der Waals surface area contributed by atoms with E-state index in [1.165, 1.54) is 106 Å². The van der Waals surface area contributed by atoms with Crippen molar-refractivity contribution < 1.29 is 37.5 Å². The minimum absolute atomic E-state index is 0. The molecule has 135 heavy (non-hydrogen) atoms. The molecule has 4 N–H and O–H groups in total. The van der Waals surface area contributed by atoms with Gasteiger partial charge in [-0.25, -0.2) is 0 Å². The normalized spacial score (nSPS) is 13.4. The number of aryl methyl sites for hydroxylation is 19. The van der Waals surface area contributed by atoms with E-state index >= 15 is 0 Å². The topological polar surface area (TPSA) is 80.9 Å². The summed E-state index contributed by atoms with van der Waals surface area (Å²) in [5.41, 5.74) is 52.3. The molecule has 6 atom stereocenters. The molecule has 14 aromatic carbocycles. The van der Waals surface area contributed by atoms with Crippen molar-refractivity contribution in [3.63, 3.8) is 0 Å². The van der Waals surface area contributed by atoms with Gasteiger partial charge in [-0.1, -0.05) is 298 Å². The molecule has 14 aromatic rings. The van der Waals surface area contributed by atoms with Crippen LogP contribution in [0.5, 0.6) is 0 Å². The number of hydrogen-bond donors (Lipinski definition) is 4. The molecule has 0 aliphatic heterocycles. The Morgan fingerprint density at radius 3 is 0.733 bits per heavy atom. The molecular formula is C130H122CuO4. The number of aliphatic hydroxyl groups excluding tert-OH is 4. The van der Waals surface area contributed by atoms with E-state index in [9.17, 15) is 20.4 Å². The van der Waals surface area contributed by atoms with Crippen molar-refractivity contribution in [2.75, 3.05) is 0 Å². The van der Waals surface area contributed by atoms with E-state index < -0.39 is 24.4 Å².